The number of furan rings is 1. The number of aryl methyl sites for hydroxylation is 2. The predicted molar refractivity (Wildman–Crippen MR) is 110 cm³/mol. The van der Waals surface area contributed by atoms with Crippen LogP contribution in [0.2, 0.25) is 0 Å². The molecule has 3 amide bonds. The van der Waals surface area contributed by atoms with E-state index in [1.165, 1.54) is 6.26 Å². The van der Waals surface area contributed by atoms with Crippen LogP contribution in [0.15, 0.2) is 41.0 Å². The predicted octanol–water partition coefficient (Wildman–Crippen LogP) is 2.85. The number of hydrogen-bond donors (Lipinski definition) is 1. The number of nitrogens with zero attached hydrogens (tertiary/aromatic N) is 2. The first kappa shape index (κ1) is 20.6. The standard InChI is InChI=1S/C22H27N3O4/c1-15-12-16(2)14-17(13-15)23-20(27)22(3,4)21(28)25-9-7-24(8-10-25)19(26)18-6-5-11-29-18/h5-6,11-14H,7-10H2,1-4H3,(H,23,27). The average molecular weight is 397 g/mol. The largest absolute Gasteiger partial charge is 0.459 e. The molecule has 0 aliphatic carbocycles. The Balaban J connectivity index is 1.61. The number of benzene rings is 1. The maximum Gasteiger partial charge on any atom is 0.289 e. The zero-order chi connectivity index (χ0) is 21.2. The molecule has 0 unspecified atom stereocenters. The summed E-state index contributed by atoms with van der Waals surface area (Å²) in [5, 5.41) is 2.87. The van der Waals surface area contributed by atoms with Crippen molar-refractivity contribution >= 4 is 23.4 Å². The van der Waals surface area contributed by atoms with E-state index in [1.807, 2.05) is 32.0 Å². The van der Waals surface area contributed by atoms with E-state index in [0.717, 1.165) is 11.1 Å². The topological polar surface area (TPSA) is 82.9 Å². The molecule has 1 saturated heterocycles. The fourth-order valence-corrected chi connectivity index (χ4v) is 3.50. The molecule has 1 aromatic carbocycles. The number of amides is 3. The lowest BCUT2D eigenvalue weighted by Gasteiger charge is -2.37. The molecule has 0 bridgehead atoms. The highest BCUT2D eigenvalue weighted by Crippen LogP contribution is 2.24. The van der Waals surface area contributed by atoms with Gasteiger partial charge in [0.2, 0.25) is 11.8 Å². The second-order valence-electron chi connectivity index (χ2n) is 8.02. The summed E-state index contributed by atoms with van der Waals surface area (Å²) in [6.45, 7) is 8.75. The average Bonchev–Trinajstić information content (AvgIpc) is 3.21. The van der Waals surface area contributed by atoms with Crippen LogP contribution in [0.25, 0.3) is 0 Å². The molecule has 0 atom stereocenters. The fraction of sp³-hybridized carbons (Fsp3) is 0.409. The summed E-state index contributed by atoms with van der Waals surface area (Å²) in [6.07, 6.45) is 1.46. The van der Waals surface area contributed by atoms with Crippen LogP contribution in [0.3, 0.4) is 0 Å². The van der Waals surface area contributed by atoms with Crippen molar-refractivity contribution in [1.82, 2.24) is 9.80 Å². The van der Waals surface area contributed by atoms with Crippen LogP contribution < -0.4 is 5.32 Å². The van der Waals surface area contributed by atoms with Crippen molar-refractivity contribution in [3.8, 4) is 0 Å². The second kappa shape index (κ2) is 8.11. The minimum absolute atomic E-state index is 0.186. The Labute approximate surface area is 170 Å². The molecule has 7 heteroatoms. The van der Waals surface area contributed by atoms with E-state index >= 15 is 0 Å². The maximum absolute atomic E-state index is 13.0. The zero-order valence-corrected chi connectivity index (χ0v) is 17.3. The Bertz CT molecular complexity index is 890. The number of carbonyl (C=O) groups is 3. The maximum atomic E-state index is 13.0. The smallest absolute Gasteiger partial charge is 0.289 e. The number of piperazine rings is 1. The van der Waals surface area contributed by atoms with Crippen LogP contribution in [0.4, 0.5) is 5.69 Å². The van der Waals surface area contributed by atoms with E-state index in [4.69, 9.17) is 4.42 Å². The van der Waals surface area contributed by atoms with Gasteiger partial charge in [0, 0.05) is 31.9 Å². The second-order valence-corrected chi connectivity index (χ2v) is 8.02. The third-order valence-corrected chi connectivity index (χ3v) is 5.17. The van der Waals surface area contributed by atoms with E-state index in [9.17, 15) is 14.4 Å². The van der Waals surface area contributed by atoms with Gasteiger partial charge in [-0.25, -0.2) is 0 Å². The number of anilines is 1. The van der Waals surface area contributed by atoms with Crippen LogP contribution in [-0.2, 0) is 9.59 Å². The summed E-state index contributed by atoms with van der Waals surface area (Å²) in [6, 6.07) is 9.08. The van der Waals surface area contributed by atoms with E-state index in [-0.39, 0.29) is 23.5 Å². The first-order chi connectivity index (χ1) is 13.7. The molecular formula is C22H27N3O4. The van der Waals surface area contributed by atoms with Gasteiger partial charge >= 0.3 is 0 Å². The lowest BCUT2D eigenvalue weighted by atomic mass is 9.89. The zero-order valence-electron chi connectivity index (χ0n) is 17.3. The van der Waals surface area contributed by atoms with Crippen molar-refractivity contribution < 1.29 is 18.8 Å². The molecular weight excluding hydrogens is 370 g/mol. The number of hydrogen-bond acceptors (Lipinski definition) is 4. The highest BCUT2D eigenvalue weighted by Gasteiger charge is 2.40. The summed E-state index contributed by atoms with van der Waals surface area (Å²) in [4.78, 5) is 41.5. The van der Waals surface area contributed by atoms with Gasteiger partial charge in [0.05, 0.1) is 6.26 Å². The molecule has 7 nitrogen and oxygen atoms in total. The number of rotatable bonds is 4. The minimum Gasteiger partial charge on any atom is -0.459 e. The van der Waals surface area contributed by atoms with Gasteiger partial charge in [0.25, 0.3) is 5.91 Å². The highest BCUT2D eigenvalue weighted by molar-refractivity contribution is 6.10. The summed E-state index contributed by atoms with van der Waals surface area (Å²) >= 11 is 0. The quantitative estimate of drug-likeness (QED) is 0.804. The van der Waals surface area contributed by atoms with Gasteiger partial charge in [-0.1, -0.05) is 6.07 Å². The van der Waals surface area contributed by atoms with E-state index in [2.05, 4.69) is 5.32 Å². The Hall–Kier alpha value is -3.09. The molecule has 29 heavy (non-hydrogen) atoms. The molecule has 0 spiro atoms. The Morgan fingerprint density at radius 1 is 0.966 bits per heavy atom. The van der Waals surface area contributed by atoms with E-state index < -0.39 is 5.41 Å². The van der Waals surface area contributed by atoms with Gasteiger partial charge in [0.1, 0.15) is 5.41 Å². The highest BCUT2D eigenvalue weighted by atomic mass is 16.3. The Morgan fingerprint density at radius 3 is 2.10 bits per heavy atom. The van der Waals surface area contributed by atoms with Crippen molar-refractivity contribution in [2.45, 2.75) is 27.7 Å². The van der Waals surface area contributed by atoms with Gasteiger partial charge in [-0.05, 0) is 63.1 Å². The van der Waals surface area contributed by atoms with Crippen LogP contribution in [0.5, 0.6) is 0 Å². The van der Waals surface area contributed by atoms with Crippen molar-refractivity contribution in [3.05, 3.63) is 53.5 Å². The summed E-state index contributed by atoms with van der Waals surface area (Å²) in [7, 11) is 0. The molecule has 154 valence electrons. The first-order valence-electron chi connectivity index (χ1n) is 9.70. The SMILES string of the molecule is Cc1cc(C)cc(NC(=O)C(C)(C)C(=O)N2CCN(C(=O)c3ccco3)CC2)c1. The number of carbonyl (C=O) groups excluding carboxylic acids is 3. The van der Waals surface area contributed by atoms with Gasteiger partial charge in [-0.2, -0.15) is 0 Å². The van der Waals surface area contributed by atoms with Gasteiger partial charge in [-0.3, -0.25) is 14.4 Å². The summed E-state index contributed by atoms with van der Waals surface area (Å²) in [5.74, 6) is -0.488. The van der Waals surface area contributed by atoms with Gasteiger partial charge in [0.15, 0.2) is 5.76 Å². The van der Waals surface area contributed by atoms with Crippen molar-refractivity contribution in [3.63, 3.8) is 0 Å². The van der Waals surface area contributed by atoms with Crippen molar-refractivity contribution in [2.24, 2.45) is 5.41 Å². The molecule has 0 radical (unpaired) electrons. The Morgan fingerprint density at radius 2 is 1.55 bits per heavy atom. The van der Waals surface area contributed by atoms with Gasteiger partial charge in [-0.15, -0.1) is 0 Å². The van der Waals surface area contributed by atoms with E-state index in [0.29, 0.717) is 31.9 Å². The lowest BCUT2D eigenvalue weighted by Crippen LogP contribution is -2.55. The molecule has 1 aliphatic rings. The first-order valence-corrected chi connectivity index (χ1v) is 9.70. The normalized spacial score (nSPS) is 14.6. The van der Waals surface area contributed by atoms with Crippen LogP contribution in [-0.4, -0.2) is 53.7 Å². The third-order valence-electron chi connectivity index (χ3n) is 5.17. The molecule has 3 rings (SSSR count). The van der Waals surface area contributed by atoms with Crippen LogP contribution in [0.1, 0.15) is 35.5 Å². The third kappa shape index (κ3) is 4.50. The fourth-order valence-electron chi connectivity index (χ4n) is 3.50. The molecule has 0 saturated carbocycles. The van der Waals surface area contributed by atoms with Crippen molar-refractivity contribution in [2.75, 3.05) is 31.5 Å². The summed E-state index contributed by atoms with van der Waals surface area (Å²) in [5.41, 5.74) is 1.55. The monoisotopic (exact) mass is 397 g/mol. The molecule has 1 aliphatic heterocycles. The molecule has 2 aromatic rings. The van der Waals surface area contributed by atoms with Crippen LogP contribution >= 0.6 is 0 Å². The number of nitrogens with one attached hydrogen (secondary N) is 1. The van der Waals surface area contributed by atoms with Crippen molar-refractivity contribution in [1.29, 1.82) is 0 Å². The van der Waals surface area contributed by atoms with E-state index in [1.54, 1.807) is 35.8 Å². The minimum atomic E-state index is -1.22. The molecule has 1 aromatic heterocycles. The van der Waals surface area contributed by atoms with Crippen LogP contribution in [0, 0.1) is 19.3 Å². The summed E-state index contributed by atoms with van der Waals surface area (Å²) < 4.78 is 5.16. The molecule has 1 fully saturated rings. The van der Waals surface area contributed by atoms with Gasteiger partial charge < -0.3 is 19.5 Å². The molecule has 1 N–H and O–H groups in total. The molecule has 2 heterocycles. The Kier molecular flexibility index (Phi) is 5.77. The lowest BCUT2D eigenvalue weighted by molar-refractivity contribution is -0.147.